The molecule has 5 heteroatoms. The molecule has 0 saturated heterocycles. The van der Waals surface area contributed by atoms with Crippen molar-refractivity contribution in [3.8, 4) is 5.75 Å². The molecule has 3 N–H and O–H groups in total. The normalized spacial score (nSPS) is 11.8. The summed E-state index contributed by atoms with van der Waals surface area (Å²) in [6.45, 7) is 1.80. The maximum absolute atomic E-state index is 13.2. The lowest BCUT2D eigenvalue weighted by atomic mass is 9.90. The number of nitrogens with two attached hydrogens (primary N) is 1. The zero-order valence-corrected chi connectivity index (χ0v) is 14.9. The van der Waals surface area contributed by atoms with Gasteiger partial charge in [0.2, 0.25) is 0 Å². The number of rotatable bonds is 6. The summed E-state index contributed by atoms with van der Waals surface area (Å²) in [5.74, 6) is -1.12. The second-order valence-electron chi connectivity index (χ2n) is 6.41. The molecule has 0 aliphatic rings. The summed E-state index contributed by atoms with van der Waals surface area (Å²) in [4.78, 5) is 30.5. The molecule has 5 nitrogen and oxygen atoms in total. The van der Waals surface area contributed by atoms with Gasteiger partial charge in [-0.1, -0.05) is 60.7 Å². The first-order valence-electron chi connectivity index (χ1n) is 8.65. The van der Waals surface area contributed by atoms with E-state index in [-0.39, 0.29) is 28.7 Å². The summed E-state index contributed by atoms with van der Waals surface area (Å²) in [7, 11) is 0. The van der Waals surface area contributed by atoms with Gasteiger partial charge in [0.15, 0.2) is 11.6 Å². The van der Waals surface area contributed by atoms with Gasteiger partial charge >= 0.3 is 0 Å². The van der Waals surface area contributed by atoms with Crippen molar-refractivity contribution in [3.05, 3.63) is 94.8 Å². The maximum atomic E-state index is 13.2. The Kier molecular flexibility index (Phi) is 5.43. The number of hydrogen-bond acceptors (Lipinski definition) is 5. The molecular weight excluding hydrogens is 340 g/mol. The van der Waals surface area contributed by atoms with Gasteiger partial charge in [0.1, 0.15) is 5.75 Å². The van der Waals surface area contributed by atoms with E-state index >= 15 is 0 Å². The Morgan fingerprint density at radius 1 is 0.926 bits per heavy atom. The number of pyridine rings is 1. The largest absolute Gasteiger partial charge is 0.506 e. The van der Waals surface area contributed by atoms with Crippen LogP contribution in [-0.2, 0) is 6.42 Å². The van der Waals surface area contributed by atoms with Gasteiger partial charge in [-0.3, -0.25) is 14.6 Å². The Hall–Kier alpha value is -3.31. The fourth-order valence-corrected chi connectivity index (χ4v) is 2.94. The lowest BCUT2D eigenvalue weighted by Gasteiger charge is -2.15. The molecule has 2 aromatic carbocycles. The van der Waals surface area contributed by atoms with Gasteiger partial charge in [-0.05, 0) is 6.92 Å². The van der Waals surface area contributed by atoms with Crippen LogP contribution in [0.2, 0.25) is 0 Å². The number of benzene rings is 2. The van der Waals surface area contributed by atoms with E-state index in [0.29, 0.717) is 23.2 Å². The van der Waals surface area contributed by atoms with E-state index in [4.69, 9.17) is 5.73 Å². The molecule has 3 rings (SSSR count). The van der Waals surface area contributed by atoms with Crippen LogP contribution in [0.4, 0.5) is 0 Å². The molecule has 136 valence electrons. The van der Waals surface area contributed by atoms with E-state index in [0.717, 1.165) is 0 Å². The fourth-order valence-electron chi connectivity index (χ4n) is 2.94. The molecule has 1 heterocycles. The summed E-state index contributed by atoms with van der Waals surface area (Å²) in [6.07, 6.45) is 1.51. The van der Waals surface area contributed by atoms with E-state index in [1.807, 2.05) is 0 Å². The lowest BCUT2D eigenvalue weighted by Crippen LogP contribution is -2.23. The van der Waals surface area contributed by atoms with Crippen LogP contribution in [0.1, 0.15) is 44.5 Å². The average Bonchev–Trinajstić information content (AvgIpc) is 2.69. The van der Waals surface area contributed by atoms with E-state index < -0.39 is 5.78 Å². The van der Waals surface area contributed by atoms with E-state index in [1.165, 1.54) is 6.20 Å². The monoisotopic (exact) mass is 360 g/mol. The minimum absolute atomic E-state index is 0.0410. The van der Waals surface area contributed by atoms with Gasteiger partial charge in [-0.25, -0.2) is 0 Å². The molecule has 1 unspecified atom stereocenters. The second-order valence-corrected chi connectivity index (χ2v) is 6.41. The average molecular weight is 360 g/mol. The highest BCUT2D eigenvalue weighted by Crippen LogP contribution is 2.28. The van der Waals surface area contributed by atoms with Crippen molar-refractivity contribution >= 4 is 11.6 Å². The van der Waals surface area contributed by atoms with Crippen molar-refractivity contribution in [2.24, 2.45) is 5.73 Å². The molecule has 0 fully saturated rings. The number of aromatic nitrogens is 1. The van der Waals surface area contributed by atoms with E-state index in [1.54, 1.807) is 67.6 Å². The minimum Gasteiger partial charge on any atom is -0.506 e. The molecular formula is C22H20N2O3. The van der Waals surface area contributed by atoms with Crippen LogP contribution in [-0.4, -0.2) is 27.7 Å². The summed E-state index contributed by atoms with van der Waals surface area (Å²) in [6, 6.07) is 16.9. The molecule has 3 aromatic rings. The quantitative estimate of drug-likeness (QED) is 0.659. The predicted octanol–water partition coefficient (Wildman–Crippen LogP) is 3.14. The van der Waals surface area contributed by atoms with Crippen molar-refractivity contribution in [2.75, 3.05) is 0 Å². The lowest BCUT2D eigenvalue weighted by molar-refractivity contribution is 0.0999. The number of nitrogens with zero attached hydrogens (tertiary/aromatic N) is 1. The SMILES string of the molecule is CC(N)Cc1ncc(O)c(C(=O)c2ccccc2)c1C(=O)c1ccccc1. The standard InChI is InChI=1S/C22H20N2O3/c1-14(23)12-17-19(21(26)15-8-4-2-5-9-15)20(18(25)13-24-17)22(27)16-10-6-3-7-11-16/h2-11,13-14,25H,12,23H2,1H3. The Balaban J connectivity index is 2.22. The number of ketones is 2. The summed E-state index contributed by atoms with van der Waals surface area (Å²) in [5.41, 5.74) is 7.17. The second kappa shape index (κ2) is 7.93. The zero-order chi connectivity index (χ0) is 19.4. The Morgan fingerprint density at radius 3 is 1.89 bits per heavy atom. The maximum Gasteiger partial charge on any atom is 0.197 e. The van der Waals surface area contributed by atoms with Crippen LogP contribution in [0.25, 0.3) is 0 Å². The molecule has 1 aromatic heterocycles. The van der Waals surface area contributed by atoms with Crippen molar-refractivity contribution in [2.45, 2.75) is 19.4 Å². The first kappa shape index (κ1) is 18.5. The highest BCUT2D eigenvalue weighted by Gasteiger charge is 2.27. The molecule has 27 heavy (non-hydrogen) atoms. The Labute approximate surface area is 157 Å². The van der Waals surface area contributed by atoms with Crippen molar-refractivity contribution < 1.29 is 14.7 Å². The summed E-state index contributed by atoms with van der Waals surface area (Å²) >= 11 is 0. The van der Waals surface area contributed by atoms with Crippen LogP contribution in [0.15, 0.2) is 66.9 Å². The van der Waals surface area contributed by atoms with Gasteiger partial charge in [-0.2, -0.15) is 0 Å². The van der Waals surface area contributed by atoms with Crippen molar-refractivity contribution in [3.63, 3.8) is 0 Å². The predicted molar refractivity (Wildman–Crippen MR) is 103 cm³/mol. The first-order valence-corrected chi connectivity index (χ1v) is 8.65. The number of carbonyl (C=O) groups is 2. The highest BCUT2D eigenvalue weighted by molar-refractivity contribution is 6.21. The van der Waals surface area contributed by atoms with Crippen molar-refractivity contribution in [1.82, 2.24) is 4.98 Å². The molecule has 0 radical (unpaired) electrons. The molecule has 0 saturated carbocycles. The smallest absolute Gasteiger partial charge is 0.197 e. The topological polar surface area (TPSA) is 93.3 Å². The van der Waals surface area contributed by atoms with Gasteiger partial charge < -0.3 is 10.8 Å². The highest BCUT2D eigenvalue weighted by atomic mass is 16.3. The van der Waals surface area contributed by atoms with E-state index in [9.17, 15) is 14.7 Å². The number of carbonyl (C=O) groups excluding carboxylic acids is 2. The van der Waals surface area contributed by atoms with Crippen LogP contribution >= 0.6 is 0 Å². The van der Waals surface area contributed by atoms with Gasteiger partial charge in [-0.15, -0.1) is 0 Å². The van der Waals surface area contributed by atoms with Gasteiger partial charge in [0.25, 0.3) is 0 Å². The van der Waals surface area contributed by atoms with Crippen LogP contribution in [0.5, 0.6) is 5.75 Å². The van der Waals surface area contributed by atoms with Gasteiger partial charge in [0.05, 0.1) is 23.0 Å². The molecule has 0 amide bonds. The molecule has 0 spiro atoms. The minimum atomic E-state index is -0.430. The molecule has 0 bridgehead atoms. The van der Waals surface area contributed by atoms with Crippen LogP contribution in [0, 0.1) is 0 Å². The molecule has 0 aliphatic heterocycles. The third-order valence-corrected chi connectivity index (χ3v) is 4.18. The van der Waals surface area contributed by atoms with Crippen LogP contribution in [0.3, 0.4) is 0 Å². The Morgan fingerprint density at radius 2 is 1.41 bits per heavy atom. The van der Waals surface area contributed by atoms with Gasteiger partial charge in [0, 0.05) is 23.6 Å². The zero-order valence-electron chi connectivity index (χ0n) is 14.9. The molecule has 1 atom stereocenters. The number of aromatic hydroxyl groups is 1. The molecule has 0 aliphatic carbocycles. The summed E-state index contributed by atoms with van der Waals surface area (Å²) in [5, 5.41) is 10.4. The van der Waals surface area contributed by atoms with E-state index in [2.05, 4.69) is 4.98 Å². The fraction of sp³-hybridized carbons (Fsp3) is 0.136. The summed E-state index contributed by atoms with van der Waals surface area (Å²) < 4.78 is 0. The third-order valence-electron chi connectivity index (χ3n) is 4.18. The first-order chi connectivity index (χ1) is 13.0. The Bertz CT molecular complexity index is 968. The number of hydrogen-bond donors (Lipinski definition) is 2. The third kappa shape index (κ3) is 3.93. The van der Waals surface area contributed by atoms with Crippen LogP contribution < -0.4 is 5.73 Å². The van der Waals surface area contributed by atoms with Crippen molar-refractivity contribution in [1.29, 1.82) is 0 Å².